The molecule has 0 atom stereocenters. The van der Waals surface area contributed by atoms with Crippen molar-refractivity contribution in [2.24, 2.45) is 0 Å². The molecule has 2 aromatic heterocycles. The van der Waals surface area contributed by atoms with Gasteiger partial charge in [-0.1, -0.05) is 23.5 Å². The molecule has 0 aliphatic carbocycles. The molecule has 1 saturated heterocycles. The third-order valence-electron chi connectivity index (χ3n) is 6.06. The van der Waals surface area contributed by atoms with Crippen molar-refractivity contribution in [3.05, 3.63) is 83.2 Å². The maximum Gasteiger partial charge on any atom is 0.260 e. The van der Waals surface area contributed by atoms with Crippen LogP contribution in [-0.2, 0) is 21.3 Å². The van der Waals surface area contributed by atoms with E-state index in [4.69, 9.17) is 9.72 Å². The number of pyridine rings is 1. The third kappa shape index (κ3) is 4.90. The molecule has 0 radical (unpaired) electrons. The van der Waals surface area contributed by atoms with Crippen molar-refractivity contribution in [1.82, 2.24) is 14.3 Å². The van der Waals surface area contributed by atoms with E-state index in [-0.39, 0.29) is 10.8 Å². The first-order chi connectivity index (χ1) is 17.3. The number of carbonyl (C=O) groups excluding carboxylic acids is 1. The van der Waals surface area contributed by atoms with Gasteiger partial charge in [0.15, 0.2) is 5.13 Å². The molecule has 1 aliphatic heterocycles. The van der Waals surface area contributed by atoms with E-state index < -0.39 is 10.0 Å². The number of benzene rings is 2. The van der Waals surface area contributed by atoms with Crippen LogP contribution in [-0.4, -0.2) is 54.9 Å². The number of rotatable bonds is 6. The summed E-state index contributed by atoms with van der Waals surface area (Å²) in [7, 11) is -3.64. The molecular weight excluding hydrogens is 496 g/mol. The average Bonchev–Trinajstić information content (AvgIpc) is 3.32. The normalized spacial score (nSPS) is 14.7. The molecule has 1 fully saturated rings. The van der Waals surface area contributed by atoms with Crippen LogP contribution in [0.15, 0.2) is 65.8 Å². The van der Waals surface area contributed by atoms with Gasteiger partial charge in [-0.25, -0.2) is 13.4 Å². The Kier molecular flexibility index (Phi) is 6.85. The van der Waals surface area contributed by atoms with Gasteiger partial charge in [0.25, 0.3) is 5.91 Å². The topological polar surface area (TPSA) is 92.7 Å². The number of nitrogens with zero attached hydrogens (tertiary/aromatic N) is 4. The highest BCUT2D eigenvalue weighted by Gasteiger charge is 2.27. The third-order valence-corrected chi connectivity index (χ3v) is 9.20. The number of hydrogen-bond donors (Lipinski definition) is 0. The quantitative estimate of drug-likeness (QED) is 0.377. The first-order valence-corrected chi connectivity index (χ1v) is 13.8. The van der Waals surface area contributed by atoms with E-state index in [9.17, 15) is 13.2 Å². The molecule has 8 nitrogen and oxygen atoms in total. The second kappa shape index (κ2) is 10.1. The van der Waals surface area contributed by atoms with Crippen molar-refractivity contribution in [1.29, 1.82) is 0 Å². The summed E-state index contributed by atoms with van der Waals surface area (Å²) >= 11 is 1.47. The van der Waals surface area contributed by atoms with Gasteiger partial charge < -0.3 is 4.74 Å². The van der Waals surface area contributed by atoms with Gasteiger partial charge in [0.2, 0.25) is 10.0 Å². The van der Waals surface area contributed by atoms with Crippen LogP contribution in [0.4, 0.5) is 5.13 Å². The van der Waals surface area contributed by atoms with Gasteiger partial charge in [0, 0.05) is 31.0 Å². The fraction of sp³-hybridized carbons (Fsp3) is 0.269. The largest absolute Gasteiger partial charge is 0.379 e. The average molecular weight is 523 g/mol. The van der Waals surface area contributed by atoms with E-state index in [0.717, 1.165) is 26.9 Å². The Balaban J connectivity index is 1.49. The Morgan fingerprint density at radius 3 is 2.56 bits per heavy atom. The van der Waals surface area contributed by atoms with Crippen LogP contribution >= 0.6 is 11.3 Å². The van der Waals surface area contributed by atoms with Gasteiger partial charge in [-0.3, -0.25) is 14.7 Å². The number of aromatic nitrogens is 2. The van der Waals surface area contributed by atoms with E-state index in [1.54, 1.807) is 29.4 Å². The van der Waals surface area contributed by atoms with Crippen LogP contribution in [0.2, 0.25) is 0 Å². The zero-order valence-corrected chi connectivity index (χ0v) is 21.7. The second-order valence-electron chi connectivity index (χ2n) is 8.72. The first kappa shape index (κ1) is 24.5. The van der Waals surface area contributed by atoms with E-state index in [1.807, 2.05) is 32.0 Å². The van der Waals surface area contributed by atoms with E-state index >= 15 is 0 Å². The Morgan fingerprint density at radius 2 is 1.86 bits per heavy atom. The molecule has 36 heavy (non-hydrogen) atoms. The van der Waals surface area contributed by atoms with Gasteiger partial charge >= 0.3 is 0 Å². The lowest BCUT2D eigenvalue weighted by Gasteiger charge is -2.26. The van der Waals surface area contributed by atoms with E-state index in [1.165, 1.54) is 27.8 Å². The van der Waals surface area contributed by atoms with Gasteiger partial charge in [-0.15, -0.1) is 0 Å². The lowest BCUT2D eigenvalue weighted by atomic mass is 10.1. The lowest BCUT2D eigenvalue weighted by Crippen LogP contribution is -2.40. The Hall–Kier alpha value is -3.18. The van der Waals surface area contributed by atoms with Crippen molar-refractivity contribution in [2.75, 3.05) is 31.2 Å². The molecular formula is C26H26N4O4S2. The van der Waals surface area contributed by atoms with Crippen molar-refractivity contribution < 1.29 is 17.9 Å². The smallest absolute Gasteiger partial charge is 0.260 e. The number of fused-ring (bicyclic) bond motifs is 1. The second-order valence-corrected chi connectivity index (χ2v) is 11.6. The summed E-state index contributed by atoms with van der Waals surface area (Å²) in [6, 6.07) is 14.0. The maximum atomic E-state index is 13.7. The molecule has 0 spiro atoms. The first-order valence-electron chi connectivity index (χ1n) is 11.6. The van der Waals surface area contributed by atoms with E-state index in [2.05, 4.69) is 11.1 Å². The summed E-state index contributed by atoms with van der Waals surface area (Å²) in [5.41, 5.74) is 4.32. The predicted molar refractivity (Wildman–Crippen MR) is 140 cm³/mol. The number of anilines is 1. The van der Waals surface area contributed by atoms with Crippen molar-refractivity contribution in [2.45, 2.75) is 25.3 Å². The molecule has 1 aliphatic rings. The predicted octanol–water partition coefficient (Wildman–Crippen LogP) is 4.18. The minimum atomic E-state index is -3.64. The number of ether oxygens (including phenoxy) is 1. The number of aryl methyl sites for hydroxylation is 2. The molecule has 2 aromatic carbocycles. The number of amides is 1. The SMILES string of the molecule is Cc1cc(C)c2sc(N(Cc3cccnc3)C(=O)c3ccc(S(=O)(=O)N4CCOCC4)cc3)nc2c1. The van der Waals surface area contributed by atoms with Crippen LogP contribution in [0.5, 0.6) is 0 Å². The Bertz CT molecular complexity index is 1500. The maximum absolute atomic E-state index is 13.7. The van der Waals surface area contributed by atoms with Gasteiger partial charge in [-0.05, 0) is 66.9 Å². The minimum absolute atomic E-state index is 0.158. The summed E-state index contributed by atoms with van der Waals surface area (Å²) in [6.45, 7) is 5.74. The molecule has 10 heteroatoms. The fourth-order valence-electron chi connectivity index (χ4n) is 4.24. The Morgan fingerprint density at radius 1 is 1.11 bits per heavy atom. The van der Waals surface area contributed by atoms with Crippen LogP contribution in [0, 0.1) is 13.8 Å². The van der Waals surface area contributed by atoms with Crippen molar-refractivity contribution in [3.63, 3.8) is 0 Å². The minimum Gasteiger partial charge on any atom is -0.379 e. The molecule has 186 valence electrons. The molecule has 0 N–H and O–H groups in total. The molecule has 3 heterocycles. The highest BCUT2D eigenvalue weighted by atomic mass is 32.2. The Labute approximate surface area is 214 Å². The zero-order chi connectivity index (χ0) is 25.3. The molecule has 0 unspecified atom stereocenters. The molecule has 1 amide bonds. The highest BCUT2D eigenvalue weighted by Crippen LogP contribution is 2.33. The molecule has 5 rings (SSSR count). The van der Waals surface area contributed by atoms with Gasteiger partial charge in [0.05, 0.1) is 34.9 Å². The standard InChI is InChI=1S/C26H26N4O4S2/c1-18-14-19(2)24-23(15-18)28-26(35-24)30(17-20-4-3-9-27-16-20)25(31)21-5-7-22(8-6-21)36(32,33)29-10-12-34-13-11-29/h3-9,14-16H,10-13,17H2,1-2H3. The molecule has 0 bridgehead atoms. The van der Waals surface area contributed by atoms with Gasteiger partial charge in [-0.2, -0.15) is 4.31 Å². The summed E-state index contributed by atoms with van der Waals surface area (Å²) in [4.78, 5) is 24.5. The van der Waals surface area contributed by atoms with Crippen molar-refractivity contribution >= 4 is 42.6 Å². The summed E-state index contributed by atoms with van der Waals surface area (Å²) < 4.78 is 33.7. The van der Waals surface area contributed by atoms with Crippen LogP contribution in [0.3, 0.4) is 0 Å². The van der Waals surface area contributed by atoms with Crippen LogP contribution in [0.25, 0.3) is 10.2 Å². The van der Waals surface area contributed by atoms with Crippen LogP contribution in [0.1, 0.15) is 27.0 Å². The molecule has 0 saturated carbocycles. The summed E-state index contributed by atoms with van der Waals surface area (Å²) in [5.74, 6) is -0.261. The number of sulfonamides is 1. The fourth-order valence-corrected chi connectivity index (χ4v) is 6.66. The monoisotopic (exact) mass is 522 g/mol. The number of carbonyl (C=O) groups is 1. The summed E-state index contributed by atoms with van der Waals surface area (Å²) in [6.07, 6.45) is 3.41. The van der Waals surface area contributed by atoms with Crippen molar-refractivity contribution in [3.8, 4) is 0 Å². The number of hydrogen-bond acceptors (Lipinski definition) is 7. The molecule has 4 aromatic rings. The van der Waals surface area contributed by atoms with Gasteiger partial charge in [0.1, 0.15) is 0 Å². The highest BCUT2D eigenvalue weighted by molar-refractivity contribution is 7.89. The lowest BCUT2D eigenvalue weighted by molar-refractivity contribution is 0.0730. The number of morpholine rings is 1. The van der Waals surface area contributed by atoms with E-state index in [0.29, 0.717) is 43.5 Å². The zero-order valence-electron chi connectivity index (χ0n) is 20.0. The number of thiazole rings is 1. The van der Waals surface area contributed by atoms with Crippen LogP contribution < -0.4 is 4.90 Å². The summed E-state index contributed by atoms with van der Waals surface area (Å²) in [5, 5.41) is 0.581.